The van der Waals surface area contributed by atoms with Gasteiger partial charge in [-0.05, 0) is 31.2 Å². The standard InChI is InChI=1S/C19H22N6O3/c1-14(18-22-17(23-28-18)15-4-6-20-7-5-15)21-19(26)25-10-8-24(9-11-25)13-16-3-2-12-27-16/h2-7,12,14H,8-11,13H2,1H3,(H,21,26)/t14-/m1/s1. The van der Waals surface area contributed by atoms with E-state index in [1.165, 1.54) is 0 Å². The number of aromatic nitrogens is 3. The van der Waals surface area contributed by atoms with Crippen LogP contribution in [-0.2, 0) is 6.54 Å². The van der Waals surface area contributed by atoms with Crippen LogP contribution in [0.1, 0.15) is 24.6 Å². The van der Waals surface area contributed by atoms with Gasteiger partial charge in [-0.25, -0.2) is 4.79 Å². The summed E-state index contributed by atoms with van der Waals surface area (Å²) in [5, 5.41) is 6.91. The Labute approximate surface area is 162 Å². The fourth-order valence-electron chi connectivity index (χ4n) is 3.10. The lowest BCUT2D eigenvalue weighted by molar-refractivity contribution is 0.127. The van der Waals surface area contributed by atoms with E-state index in [0.29, 0.717) is 24.8 Å². The van der Waals surface area contributed by atoms with Crippen LogP contribution in [0.3, 0.4) is 0 Å². The zero-order chi connectivity index (χ0) is 19.3. The third-order valence-electron chi connectivity index (χ3n) is 4.71. The van der Waals surface area contributed by atoms with Crippen LogP contribution in [0.2, 0.25) is 0 Å². The first-order valence-electron chi connectivity index (χ1n) is 9.23. The van der Waals surface area contributed by atoms with Crippen LogP contribution in [-0.4, -0.2) is 57.1 Å². The molecule has 9 heteroatoms. The van der Waals surface area contributed by atoms with Gasteiger partial charge in [-0.1, -0.05) is 5.16 Å². The molecule has 0 unspecified atom stereocenters. The topological polar surface area (TPSA) is 101 Å². The van der Waals surface area contributed by atoms with Gasteiger partial charge in [-0.2, -0.15) is 4.98 Å². The first-order valence-corrected chi connectivity index (χ1v) is 9.23. The molecule has 0 saturated carbocycles. The predicted octanol–water partition coefficient (Wildman–Crippen LogP) is 2.31. The van der Waals surface area contributed by atoms with Crippen molar-refractivity contribution in [2.45, 2.75) is 19.5 Å². The lowest BCUT2D eigenvalue weighted by Crippen LogP contribution is -2.51. The van der Waals surface area contributed by atoms with Gasteiger partial charge in [0, 0.05) is 44.1 Å². The fourth-order valence-corrected chi connectivity index (χ4v) is 3.10. The Morgan fingerprint density at radius 3 is 2.71 bits per heavy atom. The van der Waals surface area contributed by atoms with E-state index >= 15 is 0 Å². The van der Waals surface area contributed by atoms with Crippen molar-refractivity contribution in [3.63, 3.8) is 0 Å². The molecule has 2 amide bonds. The molecule has 1 aliphatic heterocycles. The minimum absolute atomic E-state index is 0.131. The number of urea groups is 1. The van der Waals surface area contributed by atoms with Crippen molar-refractivity contribution in [1.82, 2.24) is 30.2 Å². The molecule has 0 aromatic carbocycles. The molecule has 3 aromatic rings. The Morgan fingerprint density at radius 2 is 2.00 bits per heavy atom. The van der Waals surface area contributed by atoms with Gasteiger partial charge >= 0.3 is 6.03 Å². The van der Waals surface area contributed by atoms with E-state index < -0.39 is 0 Å². The fraction of sp³-hybridized carbons (Fsp3) is 0.368. The molecule has 1 aliphatic rings. The first-order chi connectivity index (χ1) is 13.7. The molecule has 0 radical (unpaired) electrons. The lowest BCUT2D eigenvalue weighted by Gasteiger charge is -2.34. The second-order valence-electron chi connectivity index (χ2n) is 6.71. The Balaban J connectivity index is 1.29. The first kappa shape index (κ1) is 18.2. The van der Waals surface area contributed by atoms with Crippen LogP contribution in [0.25, 0.3) is 11.4 Å². The van der Waals surface area contributed by atoms with Gasteiger partial charge < -0.3 is 19.2 Å². The molecule has 1 saturated heterocycles. The number of carbonyl (C=O) groups is 1. The van der Waals surface area contributed by atoms with Crippen LogP contribution in [0.15, 0.2) is 51.9 Å². The summed E-state index contributed by atoms with van der Waals surface area (Å²) >= 11 is 0. The molecule has 4 heterocycles. The predicted molar refractivity (Wildman–Crippen MR) is 100 cm³/mol. The van der Waals surface area contributed by atoms with Gasteiger partial charge in [0.1, 0.15) is 11.8 Å². The van der Waals surface area contributed by atoms with Gasteiger partial charge in [0.25, 0.3) is 0 Å². The number of piperazine rings is 1. The molecule has 4 rings (SSSR count). The van der Waals surface area contributed by atoms with E-state index in [4.69, 9.17) is 8.94 Å². The van der Waals surface area contributed by atoms with Crippen LogP contribution < -0.4 is 5.32 Å². The van der Waals surface area contributed by atoms with Crippen molar-refractivity contribution < 1.29 is 13.7 Å². The number of nitrogens with zero attached hydrogens (tertiary/aromatic N) is 5. The van der Waals surface area contributed by atoms with E-state index in [1.807, 2.05) is 19.1 Å². The molecular weight excluding hydrogens is 360 g/mol. The molecule has 0 aliphatic carbocycles. The van der Waals surface area contributed by atoms with E-state index in [2.05, 4.69) is 25.3 Å². The molecule has 1 atom stereocenters. The highest BCUT2D eigenvalue weighted by atomic mass is 16.5. The van der Waals surface area contributed by atoms with E-state index in [0.717, 1.165) is 31.0 Å². The molecule has 1 fully saturated rings. The third kappa shape index (κ3) is 4.20. The average molecular weight is 382 g/mol. The second-order valence-corrected chi connectivity index (χ2v) is 6.71. The van der Waals surface area contributed by atoms with Crippen molar-refractivity contribution in [3.05, 3.63) is 54.6 Å². The minimum atomic E-state index is -0.378. The molecule has 0 bridgehead atoms. The average Bonchev–Trinajstić information content (AvgIpc) is 3.41. The molecule has 9 nitrogen and oxygen atoms in total. The summed E-state index contributed by atoms with van der Waals surface area (Å²) in [5.41, 5.74) is 0.816. The third-order valence-corrected chi connectivity index (χ3v) is 4.71. The highest BCUT2D eigenvalue weighted by Crippen LogP contribution is 2.18. The monoisotopic (exact) mass is 382 g/mol. The number of hydrogen-bond donors (Lipinski definition) is 1. The summed E-state index contributed by atoms with van der Waals surface area (Å²) < 4.78 is 10.7. The van der Waals surface area contributed by atoms with Crippen LogP contribution >= 0.6 is 0 Å². The van der Waals surface area contributed by atoms with Crippen LogP contribution in [0, 0.1) is 0 Å². The molecular formula is C19H22N6O3. The number of rotatable bonds is 5. The second kappa shape index (κ2) is 8.22. The number of amides is 2. The Kier molecular flexibility index (Phi) is 5.34. The minimum Gasteiger partial charge on any atom is -0.468 e. The van der Waals surface area contributed by atoms with Crippen LogP contribution in [0.4, 0.5) is 4.79 Å². The van der Waals surface area contributed by atoms with Gasteiger partial charge in [-0.15, -0.1) is 0 Å². The molecule has 146 valence electrons. The highest BCUT2D eigenvalue weighted by molar-refractivity contribution is 5.74. The summed E-state index contributed by atoms with van der Waals surface area (Å²) in [4.78, 5) is 25.0. The Bertz CT molecular complexity index is 888. The number of carbonyl (C=O) groups excluding carboxylic acids is 1. The smallest absolute Gasteiger partial charge is 0.318 e. The number of pyridine rings is 1. The summed E-state index contributed by atoms with van der Waals surface area (Å²) in [7, 11) is 0. The summed E-state index contributed by atoms with van der Waals surface area (Å²) in [6.45, 7) is 5.51. The molecule has 1 N–H and O–H groups in total. The Hall–Kier alpha value is -3.20. The van der Waals surface area contributed by atoms with Crippen molar-refractivity contribution in [2.24, 2.45) is 0 Å². The quantitative estimate of drug-likeness (QED) is 0.723. The summed E-state index contributed by atoms with van der Waals surface area (Å²) in [6, 6.07) is 6.95. The summed E-state index contributed by atoms with van der Waals surface area (Å²) in [5.74, 6) is 1.79. The number of hydrogen-bond acceptors (Lipinski definition) is 7. The van der Waals surface area contributed by atoms with E-state index in [1.54, 1.807) is 35.7 Å². The zero-order valence-corrected chi connectivity index (χ0v) is 15.6. The van der Waals surface area contributed by atoms with E-state index in [9.17, 15) is 4.79 Å². The maximum absolute atomic E-state index is 12.6. The van der Waals surface area contributed by atoms with Gasteiger partial charge in [0.2, 0.25) is 11.7 Å². The highest BCUT2D eigenvalue weighted by Gasteiger charge is 2.24. The van der Waals surface area contributed by atoms with E-state index in [-0.39, 0.29) is 12.1 Å². The van der Waals surface area contributed by atoms with Crippen LogP contribution in [0.5, 0.6) is 0 Å². The number of nitrogens with one attached hydrogen (secondary N) is 1. The van der Waals surface area contributed by atoms with Crippen molar-refractivity contribution in [1.29, 1.82) is 0 Å². The van der Waals surface area contributed by atoms with Gasteiger partial charge in [0.15, 0.2) is 0 Å². The number of furan rings is 1. The Morgan fingerprint density at radius 1 is 1.21 bits per heavy atom. The molecule has 3 aromatic heterocycles. The van der Waals surface area contributed by atoms with Crippen molar-refractivity contribution in [2.75, 3.05) is 26.2 Å². The SMILES string of the molecule is C[C@@H](NC(=O)N1CCN(Cc2ccco2)CC1)c1nc(-c2ccncc2)no1. The van der Waals surface area contributed by atoms with Crippen molar-refractivity contribution >= 4 is 6.03 Å². The maximum atomic E-state index is 12.6. The molecule has 0 spiro atoms. The van der Waals surface area contributed by atoms with Crippen molar-refractivity contribution in [3.8, 4) is 11.4 Å². The van der Waals surface area contributed by atoms with Gasteiger partial charge in [-0.3, -0.25) is 9.88 Å². The zero-order valence-electron chi connectivity index (χ0n) is 15.6. The largest absolute Gasteiger partial charge is 0.468 e. The normalized spacial score (nSPS) is 16.1. The molecule has 28 heavy (non-hydrogen) atoms. The lowest BCUT2D eigenvalue weighted by atomic mass is 10.2. The maximum Gasteiger partial charge on any atom is 0.318 e. The van der Waals surface area contributed by atoms with Gasteiger partial charge in [0.05, 0.1) is 12.8 Å². The summed E-state index contributed by atoms with van der Waals surface area (Å²) in [6.07, 6.45) is 5.02.